The van der Waals surface area contributed by atoms with E-state index >= 15 is 0 Å². The molecule has 0 bridgehead atoms. The number of nitrogens with zero attached hydrogens (tertiary/aromatic N) is 1. The molecule has 0 N–H and O–H groups in total. The predicted octanol–water partition coefficient (Wildman–Crippen LogP) is 4.21. The summed E-state index contributed by atoms with van der Waals surface area (Å²) in [4.78, 5) is 0. The highest BCUT2D eigenvalue weighted by Crippen LogP contribution is 2.20. The first-order valence-corrected chi connectivity index (χ1v) is 11.1. The van der Waals surface area contributed by atoms with Gasteiger partial charge in [-0.05, 0) is 30.9 Å². The third kappa shape index (κ3) is 8.34. The van der Waals surface area contributed by atoms with E-state index in [2.05, 4.69) is 20.8 Å². The number of hydrogen-bond acceptors (Lipinski definition) is 4. The van der Waals surface area contributed by atoms with Crippen LogP contribution in [-0.2, 0) is 14.4 Å². The largest absolute Gasteiger partial charge is 0.872 e. The second-order valence-corrected chi connectivity index (χ2v) is 8.14. The third-order valence-electron chi connectivity index (χ3n) is 4.33. The predicted molar refractivity (Wildman–Crippen MR) is 105 cm³/mol. The number of benzene rings is 1. The summed E-state index contributed by atoms with van der Waals surface area (Å²) in [6.45, 7) is 8.41. The molecule has 0 aliphatic heterocycles. The van der Waals surface area contributed by atoms with Crippen molar-refractivity contribution in [3.8, 4) is 5.75 Å². The van der Waals surface area contributed by atoms with Gasteiger partial charge in [-0.1, -0.05) is 68.6 Å². The molecule has 0 fully saturated rings. The van der Waals surface area contributed by atoms with Crippen molar-refractivity contribution < 1.29 is 22.5 Å². The van der Waals surface area contributed by atoms with E-state index < -0.39 is 10.1 Å². The second-order valence-electron chi connectivity index (χ2n) is 6.73. The Kier molecular flexibility index (Phi) is 9.91. The molecular formula is C20H33NO4S. The van der Waals surface area contributed by atoms with Gasteiger partial charge in [0.25, 0.3) is 0 Å². The topological polar surface area (TPSA) is 66.4 Å². The van der Waals surface area contributed by atoms with Crippen molar-refractivity contribution in [1.29, 1.82) is 0 Å². The number of quaternary nitrogens is 1. The Morgan fingerprint density at radius 3 is 1.81 bits per heavy atom. The maximum atomic E-state index is 12.6. The van der Waals surface area contributed by atoms with Crippen molar-refractivity contribution in [2.45, 2.75) is 59.3 Å². The average molecular weight is 384 g/mol. The molecule has 0 aliphatic carbocycles. The van der Waals surface area contributed by atoms with E-state index in [1.165, 1.54) is 18.2 Å². The van der Waals surface area contributed by atoms with Crippen LogP contribution in [0.25, 0.3) is 6.08 Å². The summed E-state index contributed by atoms with van der Waals surface area (Å²) in [5.74, 6) is -0.101. The van der Waals surface area contributed by atoms with E-state index in [0.29, 0.717) is 25.2 Å². The lowest BCUT2D eigenvalue weighted by molar-refractivity contribution is -1.08. The van der Waals surface area contributed by atoms with Gasteiger partial charge >= 0.3 is 10.1 Å². The summed E-state index contributed by atoms with van der Waals surface area (Å²) in [6.07, 6.45) is 7.26. The maximum Gasteiger partial charge on any atom is 0.336 e. The van der Waals surface area contributed by atoms with Crippen molar-refractivity contribution in [1.82, 2.24) is 0 Å². The summed E-state index contributed by atoms with van der Waals surface area (Å²) < 4.78 is 31.1. The molecule has 6 heteroatoms. The summed E-state index contributed by atoms with van der Waals surface area (Å²) in [5.41, 5.74) is 0.658. The van der Waals surface area contributed by atoms with Gasteiger partial charge in [0.15, 0.2) is 0 Å². The first-order chi connectivity index (χ1) is 12.4. The molecule has 0 atom stereocenters. The summed E-state index contributed by atoms with van der Waals surface area (Å²) in [5, 5.41) is 12.2. The lowest BCUT2D eigenvalue weighted by Crippen LogP contribution is -2.51. The fourth-order valence-corrected chi connectivity index (χ4v) is 3.81. The van der Waals surface area contributed by atoms with Gasteiger partial charge in [0.2, 0.25) is 0 Å². The number of rotatable bonds is 13. The lowest BCUT2D eigenvalue weighted by atomic mass is 10.2. The minimum atomic E-state index is -3.83. The Hall–Kier alpha value is -1.37. The van der Waals surface area contributed by atoms with Gasteiger partial charge in [-0.25, -0.2) is 0 Å². The SMILES string of the molecule is CCCC[N+](CCCC)(CCCC)OS(=O)(=O)/C=C/c1ccc([O-])cc1. The van der Waals surface area contributed by atoms with Gasteiger partial charge < -0.3 is 5.11 Å². The monoisotopic (exact) mass is 383 g/mol. The fraction of sp³-hybridized carbons (Fsp3) is 0.600. The Labute approximate surface area is 159 Å². The molecule has 1 rings (SSSR count). The van der Waals surface area contributed by atoms with Crippen LogP contribution >= 0.6 is 0 Å². The van der Waals surface area contributed by atoms with Gasteiger partial charge in [0.05, 0.1) is 5.41 Å². The first-order valence-electron chi connectivity index (χ1n) is 9.64. The van der Waals surface area contributed by atoms with Crippen LogP contribution in [0.2, 0.25) is 0 Å². The zero-order chi connectivity index (χ0) is 19.5. The Balaban J connectivity index is 2.97. The van der Waals surface area contributed by atoms with Crippen molar-refractivity contribution in [2.75, 3.05) is 19.6 Å². The first kappa shape index (κ1) is 22.7. The van der Waals surface area contributed by atoms with Gasteiger partial charge in [0.1, 0.15) is 19.6 Å². The molecule has 0 amide bonds. The van der Waals surface area contributed by atoms with Crippen LogP contribution in [-0.4, -0.2) is 32.7 Å². The van der Waals surface area contributed by atoms with E-state index in [0.717, 1.165) is 43.9 Å². The van der Waals surface area contributed by atoms with E-state index in [1.807, 2.05) is 0 Å². The van der Waals surface area contributed by atoms with Crippen LogP contribution in [0, 0.1) is 0 Å². The molecule has 0 aliphatic rings. The van der Waals surface area contributed by atoms with Crippen molar-refractivity contribution >= 4 is 16.2 Å². The Bertz CT molecular complexity index is 617. The van der Waals surface area contributed by atoms with Crippen LogP contribution in [0.4, 0.5) is 0 Å². The van der Waals surface area contributed by atoms with Crippen molar-refractivity contribution in [3.05, 3.63) is 35.2 Å². The molecule has 0 saturated heterocycles. The molecule has 0 saturated carbocycles. The van der Waals surface area contributed by atoms with E-state index in [-0.39, 0.29) is 10.4 Å². The number of hydrogen-bond donors (Lipinski definition) is 0. The Morgan fingerprint density at radius 1 is 0.923 bits per heavy atom. The van der Waals surface area contributed by atoms with Crippen LogP contribution in [0.1, 0.15) is 64.9 Å². The zero-order valence-corrected chi connectivity index (χ0v) is 17.1. The zero-order valence-electron chi connectivity index (χ0n) is 16.3. The normalized spacial score (nSPS) is 12.7. The molecule has 5 nitrogen and oxygen atoms in total. The standard InChI is InChI=1S/C20H33NO4S/c1-4-7-15-21(16-8-5-2,17-9-6-3)25-26(23,24)18-14-19-10-12-20(22)13-11-19/h10-14,18H,4-9,15-17H2,1-3H3/b18-14+. The van der Waals surface area contributed by atoms with Crippen molar-refractivity contribution in [2.24, 2.45) is 0 Å². The molecule has 26 heavy (non-hydrogen) atoms. The molecule has 0 heterocycles. The number of unbranched alkanes of at least 4 members (excludes halogenated alkanes) is 3. The number of hydroxylamine groups is 3. The molecule has 1 aromatic rings. The maximum absolute atomic E-state index is 12.6. The second kappa shape index (κ2) is 11.4. The van der Waals surface area contributed by atoms with Crippen LogP contribution in [0.5, 0.6) is 5.75 Å². The fourth-order valence-electron chi connectivity index (χ4n) is 2.77. The molecule has 0 radical (unpaired) electrons. The van der Waals surface area contributed by atoms with Gasteiger partial charge in [-0.15, -0.1) is 5.75 Å². The lowest BCUT2D eigenvalue weighted by Gasteiger charge is -2.34. The van der Waals surface area contributed by atoms with E-state index in [1.54, 1.807) is 12.1 Å². The Morgan fingerprint density at radius 2 is 1.38 bits per heavy atom. The summed E-state index contributed by atoms with van der Waals surface area (Å²) in [7, 11) is -3.83. The highest BCUT2D eigenvalue weighted by atomic mass is 32.2. The summed E-state index contributed by atoms with van der Waals surface area (Å²) >= 11 is 0. The highest BCUT2D eigenvalue weighted by molar-refractivity contribution is 7.89. The average Bonchev–Trinajstić information content (AvgIpc) is 2.62. The van der Waals surface area contributed by atoms with E-state index in [9.17, 15) is 13.5 Å². The van der Waals surface area contributed by atoms with Gasteiger partial charge in [-0.3, -0.25) is 0 Å². The highest BCUT2D eigenvalue weighted by Gasteiger charge is 2.33. The molecule has 0 unspecified atom stereocenters. The molecule has 1 aromatic carbocycles. The van der Waals surface area contributed by atoms with Gasteiger partial charge in [0, 0.05) is 0 Å². The van der Waals surface area contributed by atoms with Crippen molar-refractivity contribution in [3.63, 3.8) is 0 Å². The van der Waals surface area contributed by atoms with Crippen LogP contribution < -0.4 is 5.11 Å². The minimum Gasteiger partial charge on any atom is -0.872 e. The molecule has 0 aromatic heterocycles. The van der Waals surface area contributed by atoms with E-state index in [4.69, 9.17) is 4.28 Å². The summed E-state index contributed by atoms with van der Waals surface area (Å²) in [6, 6.07) is 6.03. The molecule has 148 valence electrons. The quantitative estimate of drug-likeness (QED) is 0.378. The molecular weight excluding hydrogens is 350 g/mol. The van der Waals surface area contributed by atoms with Crippen LogP contribution in [0.15, 0.2) is 29.7 Å². The minimum absolute atomic E-state index is 0.101. The third-order valence-corrected chi connectivity index (χ3v) is 5.32. The van der Waals surface area contributed by atoms with Gasteiger partial charge in [-0.2, -0.15) is 13.1 Å². The van der Waals surface area contributed by atoms with Crippen LogP contribution in [0.3, 0.4) is 0 Å². The molecule has 0 spiro atoms. The smallest absolute Gasteiger partial charge is 0.336 e.